The predicted octanol–water partition coefficient (Wildman–Crippen LogP) is 4.70. The van der Waals surface area contributed by atoms with E-state index in [2.05, 4.69) is 20.8 Å². The summed E-state index contributed by atoms with van der Waals surface area (Å²) in [5, 5.41) is 22.7. The van der Waals surface area contributed by atoms with Crippen LogP contribution in [0.4, 0.5) is 0 Å². The first-order valence-corrected chi connectivity index (χ1v) is 14.3. The SMILES string of the molecule is CC(C)(O)CC[C@@H]1O[C@]1(C)[C@H]1CC[C@@]2(O)C3=CC(=O)[C@@H]4C[C@H]5OC(C)(C)O[C@H]5C[C@]4(C)[C@H]3CC[C@]12C. The molecule has 0 aromatic rings. The van der Waals surface area contributed by atoms with Gasteiger partial charge in [-0.25, -0.2) is 0 Å². The van der Waals surface area contributed by atoms with Gasteiger partial charge in [0, 0.05) is 11.3 Å². The normalized spacial score (nSPS) is 53.2. The number of ketones is 1. The smallest absolute Gasteiger partial charge is 0.163 e. The van der Waals surface area contributed by atoms with Crippen molar-refractivity contribution in [2.45, 2.75) is 141 Å². The number of epoxide rings is 1. The number of carbonyl (C=O) groups excluding carboxylic acids is 1. The van der Waals surface area contributed by atoms with Crippen LogP contribution in [0.3, 0.4) is 0 Å². The summed E-state index contributed by atoms with van der Waals surface area (Å²) in [7, 11) is 0. The Kier molecular flexibility index (Phi) is 5.27. The van der Waals surface area contributed by atoms with Gasteiger partial charge in [-0.05, 0) is 115 Å². The largest absolute Gasteiger partial charge is 0.390 e. The fourth-order valence-electron chi connectivity index (χ4n) is 9.66. The van der Waals surface area contributed by atoms with Crippen LogP contribution >= 0.6 is 0 Å². The zero-order chi connectivity index (χ0) is 26.1. The molecule has 5 fully saturated rings. The average molecular weight is 503 g/mol. The summed E-state index contributed by atoms with van der Waals surface area (Å²) in [4.78, 5) is 13.7. The van der Waals surface area contributed by atoms with Gasteiger partial charge in [0.15, 0.2) is 11.6 Å². The van der Waals surface area contributed by atoms with Crippen molar-refractivity contribution in [3.05, 3.63) is 11.6 Å². The van der Waals surface area contributed by atoms with Crippen molar-refractivity contribution < 1.29 is 29.2 Å². The quantitative estimate of drug-likeness (QED) is 0.542. The molecule has 0 aromatic carbocycles. The maximum Gasteiger partial charge on any atom is 0.163 e. The minimum atomic E-state index is -0.983. The molecule has 202 valence electrons. The van der Waals surface area contributed by atoms with Crippen LogP contribution in [0.1, 0.15) is 99.8 Å². The lowest BCUT2D eigenvalue weighted by Crippen LogP contribution is -2.61. The van der Waals surface area contributed by atoms with Gasteiger partial charge in [0.25, 0.3) is 0 Å². The van der Waals surface area contributed by atoms with Crippen LogP contribution in [-0.2, 0) is 19.0 Å². The Labute approximate surface area is 216 Å². The number of hydrogen-bond acceptors (Lipinski definition) is 6. The van der Waals surface area contributed by atoms with Crippen LogP contribution in [0, 0.1) is 28.6 Å². The molecule has 0 aromatic heterocycles. The second-order valence-corrected chi connectivity index (χ2v) is 14.8. The lowest BCUT2D eigenvalue weighted by molar-refractivity contribution is -0.147. The predicted molar refractivity (Wildman–Crippen MR) is 135 cm³/mol. The van der Waals surface area contributed by atoms with E-state index in [1.165, 1.54) is 0 Å². The molecule has 6 rings (SSSR count). The summed E-state index contributed by atoms with van der Waals surface area (Å²) >= 11 is 0. The molecule has 3 saturated carbocycles. The van der Waals surface area contributed by atoms with E-state index in [1.54, 1.807) is 0 Å². The molecule has 2 heterocycles. The Morgan fingerprint density at radius 3 is 2.39 bits per heavy atom. The molecule has 4 aliphatic carbocycles. The Hall–Kier alpha value is -0.790. The van der Waals surface area contributed by atoms with Crippen molar-refractivity contribution in [2.24, 2.45) is 28.6 Å². The first-order valence-electron chi connectivity index (χ1n) is 14.3. The molecule has 0 amide bonds. The number of aliphatic hydroxyl groups is 2. The average Bonchev–Trinajstić information content (AvgIpc) is 3.17. The van der Waals surface area contributed by atoms with Gasteiger partial charge in [-0.2, -0.15) is 0 Å². The van der Waals surface area contributed by atoms with Crippen LogP contribution < -0.4 is 0 Å². The number of allylic oxidation sites excluding steroid dienone is 1. The molecule has 0 spiro atoms. The Morgan fingerprint density at radius 1 is 1.00 bits per heavy atom. The minimum absolute atomic E-state index is 0.00277. The number of fused-ring (bicyclic) bond motifs is 6. The summed E-state index contributed by atoms with van der Waals surface area (Å²) in [6.45, 7) is 14.3. The molecule has 0 bridgehead atoms. The van der Waals surface area contributed by atoms with Crippen molar-refractivity contribution in [1.82, 2.24) is 0 Å². The van der Waals surface area contributed by atoms with E-state index in [0.717, 1.165) is 37.7 Å². The van der Waals surface area contributed by atoms with E-state index in [-0.39, 0.29) is 58.3 Å². The molecule has 2 aliphatic heterocycles. The fraction of sp³-hybridized carbons (Fsp3) is 0.900. The highest BCUT2D eigenvalue weighted by Crippen LogP contribution is 2.71. The molecule has 10 atom stereocenters. The molecule has 2 saturated heterocycles. The lowest BCUT2D eigenvalue weighted by atomic mass is 9.46. The molecule has 0 radical (unpaired) electrons. The van der Waals surface area contributed by atoms with Crippen LogP contribution in [0.5, 0.6) is 0 Å². The molecule has 6 aliphatic rings. The fourth-order valence-corrected chi connectivity index (χ4v) is 9.66. The van der Waals surface area contributed by atoms with Gasteiger partial charge in [-0.15, -0.1) is 0 Å². The third kappa shape index (κ3) is 3.43. The molecule has 6 heteroatoms. The van der Waals surface area contributed by atoms with Crippen LogP contribution in [0.15, 0.2) is 11.6 Å². The molecule has 36 heavy (non-hydrogen) atoms. The zero-order valence-electron chi connectivity index (χ0n) is 23.2. The second-order valence-electron chi connectivity index (χ2n) is 14.8. The molecular weight excluding hydrogens is 456 g/mol. The number of ether oxygens (including phenoxy) is 3. The van der Waals surface area contributed by atoms with Crippen LogP contribution in [0.2, 0.25) is 0 Å². The van der Waals surface area contributed by atoms with Crippen molar-refractivity contribution >= 4 is 5.78 Å². The monoisotopic (exact) mass is 502 g/mol. The Bertz CT molecular complexity index is 996. The molecule has 2 N–H and O–H groups in total. The first kappa shape index (κ1) is 25.5. The third-order valence-electron chi connectivity index (χ3n) is 11.6. The Balaban J connectivity index is 1.28. The van der Waals surface area contributed by atoms with Crippen LogP contribution in [-0.4, -0.2) is 56.9 Å². The van der Waals surface area contributed by atoms with Gasteiger partial charge in [-0.1, -0.05) is 13.8 Å². The summed E-state index contributed by atoms with van der Waals surface area (Å²) in [5.41, 5.74) is -1.53. The summed E-state index contributed by atoms with van der Waals surface area (Å²) in [5.74, 6) is -0.113. The van der Waals surface area contributed by atoms with E-state index in [9.17, 15) is 15.0 Å². The van der Waals surface area contributed by atoms with Gasteiger partial charge < -0.3 is 24.4 Å². The van der Waals surface area contributed by atoms with Gasteiger partial charge >= 0.3 is 0 Å². The number of rotatable bonds is 4. The molecular formula is C30H46O6. The van der Waals surface area contributed by atoms with Gasteiger partial charge in [0.1, 0.15) is 0 Å². The van der Waals surface area contributed by atoms with Gasteiger partial charge in [0.2, 0.25) is 0 Å². The van der Waals surface area contributed by atoms with E-state index in [0.29, 0.717) is 19.3 Å². The van der Waals surface area contributed by atoms with Crippen molar-refractivity contribution in [3.63, 3.8) is 0 Å². The minimum Gasteiger partial charge on any atom is -0.390 e. The van der Waals surface area contributed by atoms with Gasteiger partial charge in [0.05, 0.1) is 35.1 Å². The zero-order valence-corrected chi connectivity index (χ0v) is 23.2. The van der Waals surface area contributed by atoms with E-state index >= 15 is 0 Å². The first-order chi connectivity index (χ1) is 16.5. The number of hydrogen-bond donors (Lipinski definition) is 2. The van der Waals surface area contributed by atoms with Crippen molar-refractivity contribution in [2.75, 3.05) is 0 Å². The standard InChI is InChI=1S/C30H46O6/c1-25(2,32)11-10-24-29(7,36-24)23-9-13-30(33)18-14-20(31)19-15-21-22(35-26(3,4)34-21)16-27(19,5)17(18)8-12-28(23,30)6/h14,17,19,21-24,32-33H,8-13,15-16H2,1-7H3/t17-,19-,21+,22-,23-,24-,27+,28+,29+,30+/m0/s1. The topological polar surface area (TPSA) is 88.5 Å². The van der Waals surface area contributed by atoms with Crippen molar-refractivity contribution in [3.8, 4) is 0 Å². The van der Waals surface area contributed by atoms with Gasteiger partial charge in [-0.3, -0.25) is 4.79 Å². The Morgan fingerprint density at radius 2 is 1.69 bits per heavy atom. The highest BCUT2D eigenvalue weighted by Gasteiger charge is 2.73. The maximum absolute atomic E-state index is 13.7. The van der Waals surface area contributed by atoms with Crippen molar-refractivity contribution in [1.29, 1.82) is 0 Å². The highest BCUT2D eigenvalue weighted by molar-refractivity contribution is 5.95. The maximum atomic E-state index is 13.7. The summed E-state index contributed by atoms with van der Waals surface area (Å²) in [6.07, 6.45) is 8.47. The summed E-state index contributed by atoms with van der Waals surface area (Å²) in [6, 6.07) is 0. The highest BCUT2D eigenvalue weighted by atomic mass is 16.8. The third-order valence-corrected chi connectivity index (χ3v) is 11.6. The van der Waals surface area contributed by atoms with E-state index in [4.69, 9.17) is 14.2 Å². The summed E-state index contributed by atoms with van der Waals surface area (Å²) < 4.78 is 18.8. The molecule has 6 nitrogen and oxygen atoms in total. The lowest BCUT2D eigenvalue weighted by Gasteiger charge is -2.60. The molecule has 0 unspecified atom stereocenters. The van der Waals surface area contributed by atoms with E-state index < -0.39 is 17.0 Å². The number of carbonyl (C=O) groups is 1. The van der Waals surface area contributed by atoms with E-state index in [1.807, 2.05) is 33.8 Å². The second kappa shape index (κ2) is 7.44. The van der Waals surface area contributed by atoms with Crippen LogP contribution in [0.25, 0.3) is 0 Å².